The maximum Gasteiger partial charge on any atom is 0.220 e. The maximum atomic E-state index is 13.2. The van der Waals surface area contributed by atoms with E-state index in [1.54, 1.807) is 6.08 Å². The van der Waals surface area contributed by atoms with Gasteiger partial charge in [0.15, 0.2) is 12.6 Å². The molecule has 0 radical (unpaired) electrons. The second-order valence-electron chi connectivity index (χ2n) is 22.9. The number of aliphatic hydroxyl groups is 8. The van der Waals surface area contributed by atoms with Gasteiger partial charge in [-0.25, -0.2) is 0 Å². The molecule has 0 aromatic rings. The lowest BCUT2D eigenvalue weighted by atomic mass is 9.97. The summed E-state index contributed by atoms with van der Waals surface area (Å²) in [7, 11) is 0. The molecule has 0 spiro atoms. The van der Waals surface area contributed by atoms with Crippen LogP contribution in [-0.4, -0.2) is 140 Å². The Bertz CT molecular complexity index is 1630. The van der Waals surface area contributed by atoms with E-state index >= 15 is 0 Å². The molecule has 12 unspecified atom stereocenters. The molecule has 12 atom stereocenters. The number of amides is 1. The van der Waals surface area contributed by atoms with Crippen molar-refractivity contribution in [1.29, 1.82) is 0 Å². The highest BCUT2D eigenvalue weighted by Crippen LogP contribution is 2.30. The minimum atomic E-state index is -1.79. The summed E-state index contributed by atoms with van der Waals surface area (Å²) >= 11 is 0. The fraction of sp³-hybridized carbons (Fsp3) is 0.806. The van der Waals surface area contributed by atoms with Gasteiger partial charge in [0, 0.05) is 6.42 Å². The van der Waals surface area contributed by atoms with Gasteiger partial charge in [-0.05, 0) is 64.2 Å². The predicted molar refractivity (Wildman–Crippen MR) is 327 cm³/mol. The van der Waals surface area contributed by atoms with E-state index in [2.05, 4.69) is 79.9 Å². The first-order valence-electron chi connectivity index (χ1n) is 32.7. The first-order chi connectivity index (χ1) is 39.6. The average Bonchev–Trinajstić information content (AvgIpc) is 3.51. The van der Waals surface area contributed by atoms with Gasteiger partial charge in [0.2, 0.25) is 5.91 Å². The summed E-state index contributed by atoms with van der Waals surface area (Å²) in [6.45, 7) is 2.58. The number of hydrogen-bond donors (Lipinski definition) is 9. The smallest absolute Gasteiger partial charge is 0.220 e. The summed E-state index contributed by atoms with van der Waals surface area (Å²) < 4.78 is 22.7. The number of carbonyl (C=O) groups excluding carboxylic acids is 1. The lowest BCUT2D eigenvalue weighted by molar-refractivity contribution is -0.359. The Morgan fingerprint density at radius 2 is 0.864 bits per heavy atom. The average molecular weight is 1150 g/mol. The second kappa shape index (κ2) is 51.8. The van der Waals surface area contributed by atoms with Crippen LogP contribution in [0.5, 0.6) is 0 Å². The number of aliphatic hydroxyl groups excluding tert-OH is 8. The summed E-state index contributed by atoms with van der Waals surface area (Å²) in [6, 6.07) is -0.929. The summed E-state index contributed by atoms with van der Waals surface area (Å²) in [5.74, 6) is -0.251. The van der Waals surface area contributed by atoms with Crippen molar-refractivity contribution >= 4 is 5.91 Å². The number of carbonyl (C=O) groups is 1. The molecule has 1 amide bonds. The summed E-state index contributed by atoms with van der Waals surface area (Å²) in [6.07, 6.45) is 53.2. The Labute approximate surface area is 491 Å². The van der Waals surface area contributed by atoms with E-state index in [0.717, 1.165) is 70.6 Å². The molecule has 0 aromatic heterocycles. The molecule has 9 N–H and O–H groups in total. The van der Waals surface area contributed by atoms with E-state index in [1.165, 1.54) is 148 Å². The van der Waals surface area contributed by atoms with Crippen molar-refractivity contribution in [2.75, 3.05) is 19.8 Å². The molecule has 0 bridgehead atoms. The van der Waals surface area contributed by atoms with Crippen molar-refractivity contribution in [1.82, 2.24) is 5.32 Å². The van der Waals surface area contributed by atoms with Crippen LogP contribution in [0.4, 0.5) is 0 Å². The number of ether oxygens (including phenoxy) is 4. The molecule has 2 saturated heterocycles. The number of nitrogens with one attached hydrogen (secondary N) is 1. The number of allylic oxidation sites excluding steroid dienone is 11. The van der Waals surface area contributed by atoms with Gasteiger partial charge in [-0.15, -0.1) is 0 Å². The van der Waals surface area contributed by atoms with Crippen molar-refractivity contribution in [3.8, 4) is 0 Å². The molecular weight excluding hydrogens is 1030 g/mol. The van der Waals surface area contributed by atoms with Gasteiger partial charge in [0.05, 0.1) is 32.0 Å². The fourth-order valence-electron chi connectivity index (χ4n) is 10.4. The zero-order chi connectivity index (χ0) is 58.8. The van der Waals surface area contributed by atoms with Gasteiger partial charge in [0.25, 0.3) is 0 Å². The molecule has 0 saturated carbocycles. The number of hydrogen-bond acceptors (Lipinski definition) is 13. The minimum absolute atomic E-state index is 0.251. The van der Waals surface area contributed by atoms with Gasteiger partial charge in [-0.2, -0.15) is 0 Å². The Kier molecular flexibility index (Phi) is 47.7. The third kappa shape index (κ3) is 36.8. The minimum Gasteiger partial charge on any atom is -0.394 e. The van der Waals surface area contributed by atoms with Gasteiger partial charge < -0.3 is 65.1 Å². The molecule has 0 aliphatic carbocycles. The maximum absolute atomic E-state index is 13.2. The van der Waals surface area contributed by atoms with E-state index < -0.39 is 86.8 Å². The third-order valence-electron chi connectivity index (χ3n) is 15.6. The highest BCUT2D eigenvalue weighted by molar-refractivity contribution is 5.76. The van der Waals surface area contributed by atoms with Crippen LogP contribution in [0.3, 0.4) is 0 Å². The molecular formula is C67H119NO13. The summed E-state index contributed by atoms with van der Waals surface area (Å²) in [5.41, 5.74) is 0. The molecule has 2 aliphatic heterocycles. The highest BCUT2D eigenvalue weighted by Gasteiger charge is 2.51. The van der Waals surface area contributed by atoms with Crippen LogP contribution in [0.15, 0.2) is 72.9 Å². The standard InChI is InChI=1S/C67H119NO13/c1-3-5-7-9-11-13-14-15-16-17-18-19-20-21-22-23-24-25-26-27-28-29-30-31-32-33-34-35-36-37-38-39-40-41-42-43-45-47-49-51-59(72)68-55(56(71)50-48-46-44-12-10-8-6-4-2)54-78-66-64(77)62(75)65(58(53-70)80-66)81-67-63(76)61(74)60(73)57(52-69)79-67/h5,7,10-13,15-16,18-19,48,50,55-58,60-67,69-71,73-77H,3-4,6,8-9,14,17,20-47,49,51-54H2,1-2H3,(H,68,72)/b7-5-,12-10+,13-11-,16-15-,19-18-,50-48+. The van der Waals surface area contributed by atoms with Gasteiger partial charge in [-0.1, -0.05) is 254 Å². The van der Waals surface area contributed by atoms with Crippen molar-refractivity contribution in [2.45, 2.75) is 325 Å². The van der Waals surface area contributed by atoms with Crippen LogP contribution in [0, 0.1) is 0 Å². The topological polar surface area (TPSA) is 228 Å². The van der Waals surface area contributed by atoms with E-state index in [1.807, 2.05) is 6.08 Å². The van der Waals surface area contributed by atoms with E-state index in [0.29, 0.717) is 12.8 Å². The molecule has 14 heteroatoms. The van der Waals surface area contributed by atoms with E-state index in [4.69, 9.17) is 18.9 Å². The fourth-order valence-corrected chi connectivity index (χ4v) is 10.4. The molecule has 2 rings (SSSR count). The van der Waals surface area contributed by atoms with Crippen LogP contribution in [0.2, 0.25) is 0 Å². The Balaban J connectivity index is 1.51. The van der Waals surface area contributed by atoms with Crippen LogP contribution < -0.4 is 5.32 Å². The quantitative estimate of drug-likeness (QED) is 0.0204. The van der Waals surface area contributed by atoms with Crippen LogP contribution >= 0.6 is 0 Å². The first kappa shape index (κ1) is 74.5. The van der Waals surface area contributed by atoms with Crippen LogP contribution in [-0.2, 0) is 23.7 Å². The SMILES string of the molecule is CC/C=C\C/C=C\C/C=C\C/C=C\CCCCCCCCCCCCCCCCCCCCCCCCCCCCC(=O)NC(COC1OC(CO)C(OC2OC(CO)C(O)C(O)C2O)C(O)C1O)C(O)/C=C/CC/C=C/CCCC. The summed E-state index contributed by atoms with van der Waals surface area (Å²) in [5, 5.41) is 86.7. The summed E-state index contributed by atoms with van der Waals surface area (Å²) in [4.78, 5) is 13.2. The molecule has 0 aromatic carbocycles. The second-order valence-corrected chi connectivity index (χ2v) is 22.9. The lowest BCUT2D eigenvalue weighted by Crippen LogP contribution is -2.65. The van der Waals surface area contributed by atoms with Crippen molar-refractivity contribution in [3.63, 3.8) is 0 Å². The van der Waals surface area contributed by atoms with Crippen molar-refractivity contribution in [2.24, 2.45) is 0 Å². The Morgan fingerprint density at radius 3 is 1.36 bits per heavy atom. The normalized spacial score (nSPS) is 24.6. The largest absolute Gasteiger partial charge is 0.394 e. The molecule has 2 heterocycles. The van der Waals surface area contributed by atoms with Crippen LogP contribution in [0.1, 0.15) is 251 Å². The van der Waals surface area contributed by atoms with Crippen molar-refractivity contribution < 1.29 is 64.6 Å². The molecule has 14 nitrogen and oxygen atoms in total. The molecule has 81 heavy (non-hydrogen) atoms. The van der Waals surface area contributed by atoms with Gasteiger partial charge in [-0.3, -0.25) is 4.79 Å². The zero-order valence-corrected chi connectivity index (χ0v) is 50.8. The number of rotatable bonds is 52. The monoisotopic (exact) mass is 1150 g/mol. The van der Waals surface area contributed by atoms with Crippen LogP contribution in [0.25, 0.3) is 0 Å². The van der Waals surface area contributed by atoms with Crippen molar-refractivity contribution in [3.05, 3.63) is 72.9 Å². The highest BCUT2D eigenvalue weighted by atomic mass is 16.7. The zero-order valence-electron chi connectivity index (χ0n) is 50.8. The lowest BCUT2D eigenvalue weighted by Gasteiger charge is -2.46. The molecule has 2 aliphatic rings. The third-order valence-corrected chi connectivity index (χ3v) is 15.6. The Morgan fingerprint density at radius 1 is 0.457 bits per heavy atom. The predicted octanol–water partition coefficient (Wildman–Crippen LogP) is 12.3. The molecule has 470 valence electrons. The number of unbranched alkanes of at least 4 members (excludes halogenated alkanes) is 29. The van der Waals surface area contributed by atoms with E-state index in [-0.39, 0.29) is 18.9 Å². The van der Waals surface area contributed by atoms with Gasteiger partial charge >= 0.3 is 0 Å². The Hall–Kier alpha value is -2.57. The van der Waals surface area contributed by atoms with E-state index in [9.17, 15) is 45.6 Å². The molecule has 2 fully saturated rings. The first-order valence-corrected chi connectivity index (χ1v) is 32.7. The van der Waals surface area contributed by atoms with Gasteiger partial charge in [0.1, 0.15) is 48.8 Å².